The van der Waals surface area contributed by atoms with Gasteiger partial charge in [-0.25, -0.2) is 4.39 Å². The number of hydrogen-bond donors (Lipinski definition) is 1. The van der Waals surface area contributed by atoms with Gasteiger partial charge in [0.2, 0.25) is 0 Å². The van der Waals surface area contributed by atoms with E-state index in [2.05, 4.69) is 5.32 Å². The van der Waals surface area contributed by atoms with E-state index in [1.807, 2.05) is 0 Å². The van der Waals surface area contributed by atoms with E-state index >= 15 is 0 Å². The molecule has 1 amide bonds. The molecular weight excluding hydrogens is 321 g/mol. The second-order valence-corrected chi connectivity index (χ2v) is 5.31. The van der Waals surface area contributed by atoms with Crippen molar-refractivity contribution >= 4 is 17.5 Å². The Labute approximate surface area is 139 Å². The van der Waals surface area contributed by atoms with Crippen LogP contribution in [0.2, 0.25) is 5.02 Å². The Bertz CT molecular complexity index is 701. The second-order valence-electron chi connectivity index (χ2n) is 4.90. The maximum atomic E-state index is 13.8. The molecule has 1 N–H and O–H groups in total. The van der Waals surface area contributed by atoms with Gasteiger partial charge in [0.15, 0.2) is 0 Å². The molecule has 4 nitrogen and oxygen atoms in total. The monoisotopic (exact) mass is 337 g/mol. The van der Waals surface area contributed by atoms with Crippen LogP contribution < -0.4 is 14.8 Å². The van der Waals surface area contributed by atoms with Crippen molar-refractivity contribution in [3.05, 3.63) is 58.4 Å². The molecule has 2 aromatic carbocycles. The lowest BCUT2D eigenvalue weighted by Crippen LogP contribution is -2.28. The fourth-order valence-corrected chi connectivity index (χ4v) is 2.49. The highest BCUT2D eigenvalue weighted by atomic mass is 35.5. The average Bonchev–Trinajstić information content (AvgIpc) is 2.53. The lowest BCUT2D eigenvalue weighted by atomic mass is 10.1. The van der Waals surface area contributed by atoms with E-state index in [0.717, 1.165) is 5.56 Å². The predicted octanol–water partition coefficient (Wildman–Crippen LogP) is 3.99. The van der Waals surface area contributed by atoms with E-state index in [0.29, 0.717) is 11.5 Å². The molecule has 0 aromatic heterocycles. The van der Waals surface area contributed by atoms with Gasteiger partial charge < -0.3 is 14.8 Å². The summed E-state index contributed by atoms with van der Waals surface area (Å²) in [6, 6.07) is 8.97. The van der Waals surface area contributed by atoms with Crippen LogP contribution in [0.3, 0.4) is 0 Å². The first-order chi connectivity index (χ1) is 11.0. The molecule has 0 saturated carbocycles. The quantitative estimate of drug-likeness (QED) is 0.897. The topological polar surface area (TPSA) is 47.6 Å². The molecule has 0 bridgehead atoms. The summed E-state index contributed by atoms with van der Waals surface area (Å²) in [7, 11) is 3.08. The third kappa shape index (κ3) is 3.74. The molecule has 6 heteroatoms. The average molecular weight is 338 g/mol. The van der Waals surface area contributed by atoms with Crippen LogP contribution in [0.25, 0.3) is 0 Å². The molecule has 0 saturated heterocycles. The predicted molar refractivity (Wildman–Crippen MR) is 86.8 cm³/mol. The Morgan fingerprint density at radius 3 is 2.57 bits per heavy atom. The molecule has 0 radical (unpaired) electrons. The van der Waals surface area contributed by atoms with Crippen LogP contribution >= 0.6 is 11.6 Å². The number of carbonyl (C=O) groups is 1. The van der Waals surface area contributed by atoms with Gasteiger partial charge in [-0.15, -0.1) is 0 Å². The van der Waals surface area contributed by atoms with Crippen molar-refractivity contribution < 1.29 is 18.7 Å². The summed E-state index contributed by atoms with van der Waals surface area (Å²) in [6.07, 6.45) is 0. The fraction of sp³-hybridized carbons (Fsp3) is 0.235. The van der Waals surface area contributed by atoms with Crippen LogP contribution in [-0.2, 0) is 0 Å². The SMILES string of the molecule is COc1ccc(C(C)NC(=O)c2c(F)cccc2Cl)c(OC)c1. The van der Waals surface area contributed by atoms with Gasteiger partial charge in [-0.3, -0.25) is 4.79 Å². The molecule has 1 unspecified atom stereocenters. The van der Waals surface area contributed by atoms with Crippen molar-refractivity contribution in [2.75, 3.05) is 14.2 Å². The number of hydrogen-bond acceptors (Lipinski definition) is 3. The Balaban J connectivity index is 2.25. The van der Waals surface area contributed by atoms with Gasteiger partial charge in [0.25, 0.3) is 5.91 Å². The number of ether oxygens (including phenoxy) is 2. The zero-order valence-electron chi connectivity index (χ0n) is 13.0. The molecule has 0 aliphatic heterocycles. The van der Waals surface area contributed by atoms with Crippen molar-refractivity contribution in [2.24, 2.45) is 0 Å². The number of amides is 1. The van der Waals surface area contributed by atoms with Crippen molar-refractivity contribution in [3.8, 4) is 11.5 Å². The Kier molecular flexibility index (Phi) is 5.45. The third-order valence-electron chi connectivity index (χ3n) is 3.44. The fourth-order valence-electron chi connectivity index (χ4n) is 2.24. The normalized spacial score (nSPS) is 11.7. The van der Waals surface area contributed by atoms with Crippen molar-refractivity contribution in [1.29, 1.82) is 0 Å². The molecule has 1 atom stereocenters. The molecule has 0 aliphatic carbocycles. The van der Waals surface area contributed by atoms with Gasteiger partial charge in [0.05, 0.1) is 30.8 Å². The van der Waals surface area contributed by atoms with Gasteiger partial charge >= 0.3 is 0 Å². The molecular formula is C17H17ClFNO3. The molecule has 23 heavy (non-hydrogen) atoms. The standard InChI is InChI=1S/C17H17ClFNO3/c1-10(12-8-7-11(22-2)9-15(12)23-3)20-17(21)16-13(18)5-4-6-14(16)19/h4-10H,1-3H3,(H,20,21). The van der Waals surface area contributed by atoms with Crippen molar-refractivity contribution in [1.82, 2.24) is 5.32 Å². The molecule has 122 valence electrons. The minimum Gasteiger partial charge on any atom is -0.497 e. The van der Waals surface area contributed by atoms with Crippen LogP contribution in [-0.4, -0.2) is 20.1 Å². The summed E-state index contributed by atoms with van der Waals surface area (Å²) >= 11 is 5.91. The highest BCUT2D eigenvalue weighted by molar-refractivity contribution is 6.33. The van der Waals surface area contributed by atoms with Gasteiger partial charge in [0, 0.05) is 11.6 Å². The largest absolute Gasteiger partial charge is 0.497 e. The molecule has 0 heterocycles. The number of rotatable bonds is 5. The van der Waals surface area contributed by atoms with E-state index in [1.165, 1.54) is 25.3 Å². The van der Waals surface area contributed by atoms with Gasteiger partial charge in [0.1, 0.15) is 17.3 Å². The zero-order chi connectivity index (χ0) is 17.0. The van der Waals surface area contributed by atoms with Gasteiger partial charge in [-0.1, -0.05) is 17.7 Å². The smallest absolute Gasteiger partial charge is 0.256 e. The molecule has 0 aliphatic rings. The molecule has 2 rings (SSSR count). The second kappa shape index (κ2) is 7.33. The summed E-state index contributed by atoms with van der Waals surface area (Å²) in [5, 5.41) is 2.79. The van der Waals surface area contributed by atoms with E-state index in [1.54, 1.807) is 32.2 Å². The van der Waals surface area contributed by atoms with Gasteiger partial charge in [-0.2, -0.15) is 0 Å². The maximum Gasteiger partial charge on any atom is 0.256 e. The number of halogens is 2. The number of nitrogens with one attached hydrogen (secondary N) is 1. The Morgan fingerprint density at radius 1 is 1.22 bits per heavy atom. The summed E-state index contributed by atoms with van der Waals surface area (Å²) in [5.74, 6) is -0.0413. The summed E-state index contributed by atoms with van der Waals surface area (Å²) in [5.41, 5.74) is 0.572. The van der Waals surface area contributed by atoms with Crippen molar-refractivity contribution in [2.45, 2.75) is 13.0 Å². The first-order valence-electron chi connectivity index (χ1n) is 6.94. The van der Waals surface area contributed by atoms with Crippen LogP contribution in [0.5, 0.6) is 11.5 Å². The van der Waals surface area contributed by atoms with Crippen molar-refractivity contribution in [3.63, 3.8) is 0 Å². The lowest BCUT2D eigenvalue weighted by molar-refractivity contribution is 0.0935. The van der Waals surface area contributed by atoms with Gasteiger partial charge in [-0.05, 0) is 31.2 Å². The summed E-state index contributed by atoms with van der Waals surface area (Å²) in [4.78, 5) is 12.3. The number of carbonyl (C=O) groups excluding carboxylic acids is 1. The molecule has 2 aromatic rings. The summed E-state index contributed by atoms with van der Waals surface area (Å²) < 4.78 is 24.3. The van der Waals surface area contributed by atoms with E-state index < -0.39 is 17.8 Å². The minimum absolute atomic E-state index is 0.0661. The van der Waals surface area contributed by atoms with E-state index in [9.17, 15) is 9.18 Å². The Hall–Kier alpha value is -2.27. The molecule has 0 fully saturated rings. The third-order valence-corrected chi connectivity index (χ3v) is 3.76. The van der Waals surface area contributed by atoms with Crippen LogP contribution in [0.4, 0.5) is 4.39 Å². The first kappa shape index (κ1) is 17.1. The lowest BCUT2D eigenvalue weighted by Gasteiger charge is -2.18. The highest BCUT2D eigenvalue weighted by Crippen LogP contribution is 2.30. The molecule has 0 spiro atoms. The number of benzene rings is 2. The van der Waals surface area contributed by atoms with Crippen LogP contribution in [0, 0.1) is 5.82 Å². The Morgan fingerprint density at radius 2 is 1.96 bits per heavy atom. The first-order valence-corrected chi connectivity index (χ1v) is 7.32. The van der Waals surface area contributed by atoms with Crippen LogP contribution in [0.15, 0.2) is 36.4 Å². The maximum absolute atomic E-state index is 13.8. The van der Waals surface area contributed by atoms with E-state index in [4.69, 9.17) is 21.1 Å². The minimum atomic E-state index is -0.663. The number of methoxy groups -OCH3 is 2. The van der Waals surface area contributed by atoms with Crippen LogP contribution in [0.1, 0.15) is 28.9 Å². The summed E-state index contributed by atoms with van der Waals surface area (Å²) in [6.45, 7) is 1.77. The van der Waals surface area contributed by atoms with E-state index in [-0.39, 0.29) is 10.6 Å². The zero-order valence-corrected chi connectivity index (χ0v) is 13.8. The highest BCUT2D eigenvalue weighted by Gasteiger charge is 2.20.